The molecule has 0 atom stereocenters. The van der Waals surface area contributed by atoms with E-state index in [4.69, 9.17) is 4.74 Å². The summed E-state index contributed by atoms with van der Waals surface area (Å²) in [6.45, 7) is 0.0733. The van der Waals surface area contributed by atoms with Crippen LogP contribution in [0.5, 0.6) is 5.75 Å². The Kier molecular flexibility index (Phi) is 5.99. The molecule has 0 radical (unpaired) electrons. The van der Waals surface area contributed by atoms with Crippen molar-refractivity contribution in [3.8, 4) is 16.3 Å². The van der Waals surface area contributed by atoms with E-state index >= 15 is 0 Å². The summed E-state index contributed by atoms with van der Waals surface area (Å²) in [6, 6.07) is 16.1. The molecule has 0 aliphatic rings. The van der Waals surface area contributed by atoms with Crippen LogP contribution in [0.4, 0.5) is 18.9 Å². The normalized spacial score (nSPS) is 10.7. The first-order valence-corrected chi connectivity index (χ1v) is 10.1. The zero-order valence-corrected chi connectivity index (χ0v) is 16.8. The average molecular weight is 440 g/mol. The van der Waals surface area contributed by atoms with Crippen LogP contribution in [0.1, 0.15) is 16.1 Å². The van der Waals surface area contributed by atoms with E-state index in [0.717, 1.165) is 17.7 Å². The maximum absolute atomic E-state index is 13.3. The van der Waals surface area contributed by atoms with E-state index in [2.05, 4.69) is 10.3 Å². The van der Waals surface area contributed by atoms with Crippen LogP contribution in [-0.4, -0.2) is 10.9 Å². The molecule has 31 heavy (non-hydrogen) atoms. The lowest BCUT2D eigenvalue weighted by molar-refractivity contribution is 0.102. The van der Waals surface area contributed by atoms with E-state index in [1.165, 1.54) is 41.7 Å². The minimum atomic E-state index is -0.927. The van der Waals surface area contributed by atoms with Crippen molar-refractivity contribution in [1.29, 1.82) is 0 Å². The molecule has 1 N–H and O–H groups in total. The molecule has 3 aromatic carbocycles. The number of hydrogen-bond acceptors (Lipinski definition) is 4. The number of hydrogen-bond donors (Lipinski definition) is 1. The van der Waals surface area contributed by atoms with Crippen LogP contribution in [-0.2, 0) is 6.61 Å². The summed E-state index contributed by atoms with van der Waals surface area (Å²) in [6.07, 6.45) is 0. The Morgan fingerprint density at radius 2 is 1.77 bits per heavy atom. The van der Waals surface area contributed by atoms with Crippen molar-refractivity contribution in [2.75, 3.05) is 5.32 Å². The molecule has 0 aliphatic carbocycles. The zero-order valence-electron chi connectivity index (χ0n) is 15.9. The van der Waals surface area contributed by atoms with Crippen LogP contribution in [0.25, 0.3) is 10.6 Å². The van der Waals surface area contributed by atoms with E-state index in [0.29, 0.717) is 22.0 Å². The van der Waals surface area contributed by atoms with E-state index in [-0.39, 0.29) is 18.1 Å². The third-order valence-electron chi connectivity index (χ3n) is 4.31. The lowest BCUT2D eigenvalue weighted by atomic mass is 10.2. The minimum absolute atomic E-state index is 0.0733. The molecular formula is C23H15F3N2O2S. The second kappa shape index (κ2) is 9.01. The average Bonchev–Trinajstić information content (AvgIpc) is 3.27. The van der Waals surface area contributed by atoms with Gasteiger partial charge in [-0.05, 0) is 54.1 Å². The molecule has 1 aromatic heterocycles. The first-order chi connectivity index (χ1) is 15.0. The molecule has 4 rings (SSSR count). The van der Waals surface area contributed by atoms with Crippen LogP contribution in [0.2, 0.25) is 0 Å². The molecule has 4 aromatic rings. The fourth-order valence-electron chi connectivity index (χ4n) is 2.75. The van der Waals surface area contributed by atoms with Gasteiger partial charge in [-0.15, -0.1) is 11.3 Å². The summed E-state index contributed by atoms with van der Waals surface area (Å²) in [7, 11) is 0. The lowest BCUT2D eigenvalue weighted by Gasteiger charge is -2.08. The Morgan fingerprint density at radius 3 is 2.55 bits per heavy atom. The number of benzene rings is 3. The number of rotatable bonds is 6. The van der Waals surface area contributed by atoms with E-state index in [1.807, 2.05) is 6.07 Å². The molecule has 0 aliphatic heterocycles. The molecule has 0 unspecified atom stereocenters. The molecule has 8 heteroatoms. The van der Waals surface area contributed by atoms with Gasteiger partial charge in [0, 0.05) is 16.6 Å². The van der Waals surface area contributed by atoms with Gasteiger partial charge >= 0.3 is 0 Å². The van der Waals surface area contributed by atoms with Gasteiger partial charge in [0.15, 0.2) is 11.6 Å². The van der Waals surface area contributed by atoms with Crippen molar-refractivity contribution in [2.45, 2.75) is 6.61 Å². The van der Waals surface area contributed by atoms with Gasteiger partial charge in [0.25, 0.3) is 5.91 Å². The second-order valence-electron chi connectivity index (χ2n) is 6.56. The SMILES string of the molecule is O=C(Nc1ccc(F)cc1)c1csc(-c2cccc(OCc3ccc(F)c(F)c3)c2)n1. The van der Waals surface area contributed by atoms with Crippen molar-refractivity contribution >= 4 is 22.9 Å². The van der Waals surface area contributed by atoms with Crippen LogP contribution in [0, 0.1) is 17.5 Å². The van der Waals surface area contributed by atoms with E-state index in [1.54, 1.807) is 23.6 Å². The molecule has 4 nitrogen and oxygen atoms in total. The van der Waals surface area contributed by atoms with E-state index in [9.17, 15) is 18.0 Å². The predicted molar refractivity (Wildman–Crippen MR) is 113 cm³/mol. The molecule has 1 amide bonds. The number of carbonyl (C=O) groups excluding carboxylic acids is 1. The standard InChI is InChI=1S/C23H15F3N2O2S/c24-16-5-7-17(8-6-16)27-22(29)21-13-31-23(28-21)15-2-1-3-18(11-15)30-12-14-4-9-19(25)20(26)10-14/h1-11,13H,12H2,(H,27,29). The van der Waals surface area contributed by atoms with Gasteiger partial charge in [0.2, 0.25) is 0 Å². The summed E-state index contributed by atoms with van der Waals surface area (Å²) in [5.74, 6) is -2.10. The minimum Gasteiger partial charge on any atom is -0.489 e. The fraction of sp³-hybridized carbons (Fsp3) is 0.0435. The monoisotopic (exact) mass is 440 g/mol. The van der Waals surface area contributed by atoms with Gasteiger partial charge in [-0.25, -0.2) is 18.2 Å². The summed E-state index contributed by atoms with van der Waals surface area (Å²) in [5.41, 5.74) is 1.94. The van der Waals surface area contributed by atoms with Crippen molar-refractivity contribution in [1.82, 2.24) is 4.98 Å². The van der Waals surface area contributed by atoms with Crippen molar-refractivity contribution in [3.05, 3.63) is 101 Å². The molecule has 1 heterocycles. The van der Waals surface area contributed by atoms with Crippen LogP contribution in [0.3, 0.4) is 0 Å². The molecule has 0 fully saturated rings. The highest BCUT2D eigenvalue weighted by atomic mass is 32.1. The highest BCUT2D eigenvalue weighted by molar-refractivity contribution is 7.13. The Morgan fingerprint density at radius 1 is 0.968 bits per heavy atom. The highest BCUT2D eigenvalue weighted by Crippen LogP contribution is 2.28. The number of aromatic nitrogens is 1. The third kappa shape index (κ3) is 5.10. The van der Waals surface area contributed by atoms with Gasteiger partial charge in [0.1, 0.15) is 28.9 Å². The fourth-order valence-corrected chi connectivity index (χ4v) is 3.55. The molecule has 0 bridgehead atoms. The van der Waals surface area contributed by atoms with Crippen LogP contribution in [0.15, 0.2) is 72.1 Å². The van der Waals surface area contributed by atoms with Gasteiger partial charge in [-0.1, -0.05) is 18.2 Å². The first kappa shape index (κ1) is 20.6. The maximum Gasteiger partial charge on any atom is 0.275 e. The quantitative estimate of drug-likeness (QED) is 0.397. The van der Waals surface area contributed by atoms with Gasteiger partial charge < -0.3 is 10.1 Å². The van der Waals surface area contributed by atoms with Gasteiger partial charge in [-0.2, -0.15) is 0 Å². The Balaban J connectivity index is 1.44. The largest absolute Gasteiger partial charge is 0.489 e. The van der Waals surface area contributed by atoms with Gasteiger partial charge in [0.05, 0.1) is 0 Å². The smallest absolute Gasteiger partial charge is 0.275 e. The van der Waals surface area contributed by atoms with Crippen molar-refractivity contribution in [3.63, 3.8) is 0 Å². The van der Waals surface area contributed by atoms with Crippen molar-refractivity contribution in [2.24, 2.45) is 0 Å². The number of anilines is 1. The zero-order chi connectivity index (χ0) is 21.8. The number of nitrogens with zero attached hydrogens (tertiary/aromatic N) is 1. The second-order valence-corrected chi connectivity index (χ2v) is 7.42. The predicted octanol–water partition coefficient (Wildman–Crippen LogP) is 6.06. The lowest BCUT2D eigenvalue weighted by Crippen LogP contribution is -2.12. The first-order valence-electron chi connectivity index (χ1n) is 9.17. The topological polar surface area (TPSA) is 51.2 Å². The summed E-state index contributed by atoms with van der Waals surface area (Å²) in [5, 5.41) is 4.91. The molecule has 0 saturated heterocycles. The number of nitrogens with one attached hydrogen (secondary N) is 1. The molecular weight excluding hydrogens is 425 g/mol. The number of carbonyl (C=O) groups is 1. The Hall–Kier alpha value is -3.65. The number of halogens is 3. The number of thiazole rings is 1. The van der Waals surface area contributed by atoms with Crippen LogP contribution < -0.4 is 10.1 Å². The summed E-state index contributed by atoms with van der Waals surface area (Å²) >= 11 is 1.29. The summed E-state index contributed by atoms with van der Waals surface area (Å²) in [4.78, 5) is 16.7. The Bertz CT molecular complexity index is 1230. The van der Waals surface area contributed by atoms with E-state index < -0.39 is 17.5 Å². The Labute approximate surface area is 180 Å². The highest BCUT2D eigenvalue weighted by Gasteiger charge is 2.13. The van der Waals surface area contributed by atoms with Crippen LogP contribution >= 0.6 is 11.3 Å². The number of amides is 1. The maximum atomic E-state index is 13.3. The molecule has 0 saturated carbocycles. The van der Waals surface area contributed by atoms with Gasteiger partial charge in [-0.3, -0.25) is 4.79 Å². The summed E-state index contributed by atoms with van der Waals surface area (Å²) < 4.78 is 45.0. The van der Waals surface area contributed by atoms with Crippen molar-refractivity contribution < 1.29 is 22.7 Å². The molecule has 0 spiro atoms. The molecule has 156 valence electrons. The third-order valence-corrected chi connectivity index (χ3v) is 5.20. The number of ether oxygens (including phenoxy) is 1.